The monoisotopic (exact) mass is 294 g/mol. The van der Waals surface area contributed by atoms with Crippen LogP contribution in [0.3, 0.4) is 0 Å². The Hall–Kier alpha value is -1.46. The summed E-state index contributed by atoms with van der Waals surface area (Å²) in [5.41, 5.74) is 0.876. The zero-order valence-corrected chi connectivity index (χ0v) is 12.0. The van der Waals surface area contributed by atoms with Crippen LogP contribution in [-0.4, -0.2) is 49.8 Å². The fraction of sp³-hybridized carbons (Fsp3) is 0.462. The maximum Gasteiger partial charge on any atom is 0.283 e. The molecule has 1 fully saturated rings. The normalized spacial score (nSPS) is 17.0. The number of piperazine rings is 1. The Morgan fingerprint density at radius 3 is 2.50 bits per heavy atom. The first-order valence-corrected chi connectivity index (χ1v) is 7.91. The highest BCUT2D eigenvalue weighted by atomic mass is 32.2. The van der Waals surface area contributed by atoms with Crippen molar-refractivity contribution in [3.8, 4) is 6.07 Å². The molecule has 0 bridgehead atoms. The summed E-state index contributed by atoms with van der Waals surface area (Å²) >= 11 is 0. The molecule has 1 aromatic carbocycles. The van der Waals surface area contributed by atoms with Gasteiger partial charge in [-0.3, -0.25) is 0 Å². The smallest absolute Gasteiger partial charge is 0.283 e. The first-order chi connectivity index (χ1) is 9.64. The number of rotatable bonds is 5. The zero-order valence-electron chi connectivity index (χ0n) is 11.2. The molecule has 0 aliphatic carbocycles. The second kappa shape index (κ2) is 6.81. The first kappa shape index (κ1) is 14.9. The molecule has 0 spiro atoms. The van der Waals surface area contributed by atoms with Crippen LogP contribution in [0.25, 0.3) is 0 Å². The fourth-order valence-corrected chi connectivity index (χ4v) is 3.63. The summed E-state index contributed by atoms with van der Waals surface area (Å²) in [7, 11) is -3.58. The van der Waals surface area contributed by atoms with Crippen LogP contribution >= 0.6 is 0 Å². The Labute approximate surface area is 119 Å². The molecule has 1 aliphatic heterocycles. The average Bonchev–Trinajstić information content (AvgIpc) is 2.49. The molecule has 0 aromatic heterocycles. The third kappa shape index (κ3) is 3.55. The van der Waals surface area contributed by atoms with Gasteiger partial charge < -0.3 is 5.32 Å². The van der Waals surface area contributed by atoms with Gasteiger partial charge in [-0.2, -0.15) is 22.3 Å². The summed E-state index contributed by atoms with van der Waals surface area (Å²) in [5, 5.41) is 12.0. The minimum Gasteiger partial charge on any atom is -0.314 e. The lowest BCUT2D eigenvalue weighted by Crippen LogP contribution is -2.51. The van der Waals surface area contributed by atoms with Crippen molar-refractivity contribution in [2.45, 2.75) is 6.54 Å². The quantitative estimate of drug-likeness (QED) is 0.785. The van der Waals surface area contributed by atoms with Crippen LogP contribution in [0.1, 0.15) is 5.56 Å². The van der Waals surface area contributed by atoms with Crippen molar-refractivity contribution in [2.75, 3.05) is 32.7 Å². The van der Waals surface area contributed by atoms with Crippen molar-refractivity contribution >= 4 is 10.2 Å². The molecule has 108 valence electrons. The van der Waals surface area contributed by atoms with E-state index in [9.17, 15) is 8.42 Å². The molecule has 7 heteroatoms. The van der Waals surface area contributed by atoms with Crippen molar-refractivity contribution in [3.63, 3.8) is 0 Å². The molecule has 1 saturated heterocycles. The van der Waals surface area contributed by atoms with E-state index in [1.165, 1.54) is 8.61 Å². The molecule has 0 atom stereocenters. The summed E-state index contributed by atoms with van der Waals surface area (Å²) in [6.07, 6.45) is 0. The highest BCUT2D eigenvalue weighted by Crippen LogP contribution is 2.13. The van der Waals surface area contributed by atoms with Crippen LogP contribution in [-0.2, 0) is 16.8 Å². The number of hydrogen-bond donors (Lipinski definition) is 1. The fourth-order valence-electron chi connectivity index (χ4n) is 2.12. The van der Waals surface area contributed by atoms with Gasteiger partial charge in [0.1, 0.15) is 6.54 Å². The highest BCUT2D eigenvalue weighted by molar-refractivity contribution is 7.86. The molecule has 1 aromatic rings. The van der Waals surface area contributed by atoms with E-state index < -0.39 is 10.2 Å². The van der Waals surface area contributed by atoms with E-state index in [2.05, 4.69) is 5.32 Å². The number of nitrogens with zero attached hydrogens (tertiary/aromatic N) is 3. The Kier molecular flexibility index (Phi) is 5.09. The van der Waals surface area contributed by atoms with Crippen molar-refractivity contribution in [3.05, 3.63) is 35.9 Å². The highest BCUT2D eigenvalue weighted by Gasteiger charge is 2.30. The van der Waals surface area contributed by atoms with Gasteiger partial charge >= 0.3 is 0 Å². The zero-order chi connectivity index (χ0) is 14.4. The van der Waals surface area contributed by atoms with E-state index in [0.29, 0.717) is 26.2 Å². The molecular weight excluding hydrogens is 276 g/mol. The van der Waals surface area contributed by atoms with Crippen LogP contribution < -0.4 is 5.32 Å². The Morgan fingerprint density at radius 1 is 1.25 bits per heavy atom. The predicted octanol–water partition coefficient (Wildman–Crippen LogP) is 0.162. The molecule has 6 nitrogen and oxygen atoms in total. The molecular formula is C13H18N4O2S. The van der Waals surface area contributed by atoms with Gasteiger partial charge in [-0.1, -0.05) is 30.3 Å². The molecule has 0 saturated carbocycles. The Balaban J connectivity index is 2.16. The standard InChI is InChI=1S/C13H18N4O2S/c14-6-9-17(12-13-4-2-1-3-5-13)20(18,19)16-10-7-15-8-11-16/h1-5,15H,7-12H2. The minimum atomic E-state index is -3.58. The summed E-state index contributed by atoms with van der Waals surface area (Å²) in [5.74, 6) is 0. The minimum absolute atomic E-state index is 0.138. The second-order valence-corrected chi connectivity index (χ2v) is 6.50. The van der Waals surface area contributed by atoms with Crippen molar-refractivity contribution in [1.82, 2.24) is 13.9 Å². The van der Waals surface area contributed by atoms with E-state index in [0.717, 1.165) is 5.56 Å². The number of nitrogens with one attached hydrogen (secondary N) is 1. The molecule has 2 rings (SSSR count). The molecule has 0 radical (unpaired) electrons. The van der Waals surface area contributed by atoms with Crippen molar-refractivity contribution < 1.29 is 8.42 Å². The largest absolute Gasteiger partial charge is 0.314 e. The van der Waals surface area contributed by atoms with Gasteiger partial charge in [0.05, 0.1) is 6.07 Å². The average molecular weight is 294 g/mol. The first-order valence-electron chi connectivity index (χ1n) is 6.51. The molecule has 1 heterocycles. The van der Waals surface area contributed by atoms with Gasteiger partial charge in [0.15, 0.2) is 0 Å². The number of hydrogen-bond acceptors (Lipinski definition) is 4. The lowest BCUT2D eigenvalue weighted by molar-refractivity contribution is 0.318. The maximum atomic E-state index is 12.6. The lowest BCUT2D eigenvalue weighted by atomic mass is 10.2. The van der Waals surface area contributed by atoms with Gasteiger partial charge in [0, 0.05) is 32.7 Å². The van der Waals surface area contributed by atoms with E-state index in [-0.39, 0.29) is 13.1 Å². The number of nitriles is 1. The summed E-state index contributed by atoms with van der Waals surface area (Å²) < 4.78 is 27.8. The summed E-state index contributed by atoms with van der Waals surface area (Å²) in [6.45, 7) is 2.26. The predicted molar refractivity (Wildman–Crippen MR) is 75.8 cm³/mol. The van der Waals surface area contributed by atoms with Crippen molar-refractivity contribution in [1.29, 1.82) is 5.26 Å². The third-order valence-corrected chi connectivity index (χ3v) is 5.11. The van der Waals surface area contributed by atoms with Gasteiger partial charge in [-0.25, -0.2) is 0 Å². The van der Waals surface area contributed by atoms with Crippen LogP contribution in [0.5, 0.6) is 0 Å². The molecule has 20 heavy (non-hydrogen) atoms. The van der Waals surface area contributed by atoms with Crippen molar-refractivity contribution in [2.24, 2.45) is 0 Å². The second-order valence-electron chi connectivity index (χ2n) is 4.57. The van der Waals surface area contributed by atoms with Gasteiger partial charge in [0.2, 0.25) is 0 Å². The van der Waals surface area contributed by atoms with Crippen LogP contribution in [0.15, 0.2) is 30.3 Å². The van der Waals surface area contributed by atoms with Gasteiger partial charge in [0.25, 0.3) is 10.2 Å². The van der Waals surface area contributed by atoms with Crippen LogP contribution in [0, 0.1) is 11.3 Å². The molecule has 0 amide bonds. The van der Waals surface area contributed by atoms with E-state index in [1.807, 2.05) is 36.4 Å². The van der Waals surface area contributed by atoms with E-state index in [4.69, 9.17) is 5.26 Å². The number of benzene rings is 1. The van der Waals surface area contributed by atoms with Crippen LogP contribution in [0.4, 0.5) is 0 Å². The summed E-state index contributed by atoms with van der Waals surface area (Å²) in [4.78, 5) is 0. The Bertz CT molecular complexity index is 562. The van der Waals surface area contributed by atoms with E-state index in [1.54, 1.807) is 0 Å². The van der Waals surface area contributed by atoms with Crippen LogP contribution in [0.2, 0.25) is 0 Å². The Morgan fingerprint density at radius 2 is 1.90 bits per heavy atom. The van der Waals surface area contributed by atoms with E-state index >= 15 is 0 Å². The molecule has 0 unspecified atom stereocenters. The van der Waals surface area contributed by atoms with Gasteiger partial charge in [-0.15, -0.1) is 0 Å². The molecule has 1 N–H and O–H groups in total. The SMILES string of the molecule is N#CCN(Cc1ccccc1)S(=O)(=O)N1CCNCC1. The lowest BCUT2D eigenvalue weighted by Gasteiger charge is -2.31. The molecule has 1 aliphatic rings. The third-order valence-electron chi connectivity index (χ3n) is 3.18. The topological polar surface area (TPSA) is 76.4 Å². The summed E-state index contributed by atoms with van der Waals surface area (Å²) in [6, 6.07) is 11.3. The van der Waals surface area contributed by atoms with Gasteiger partial charge in [-0.05, 0) is 5.56 Å². The maximum absolute atomic E-state index is 12.6.